The smallest absolute Gasteiger partial charge is 0.305 e. The van der Waals surface area contributed by atoms with Gasteiger partial charge in [-0.15, -0.1) is 0 Å². The number of carbonyl (C=O) groups excluding carboxylic acids is 1. The van der Waals surface area contributed by atoms with Crippen molar-refractivity contribution in [3.05, 3.63) is 35.2 Å². The number of fused-ring (bicyclic) bond motifs is 3. The molecule has 0 atom stereocenters. The molecule has 2 heterocycles. The highest BCUT2D eigenvalue weighted by Gasteiger charge is 2.12. The van der Waals surface area contributed by atoms with Crippen molar-refractivity contribution < 1.29 is 9.53 Å². The molecule has 0 spiro atoms. The van der Waals surface area contributed by atoms with Crippen LogP contribution < -0.4 is 0 Å². The first-order valence-electron chi connectivity index (χ1n) is 6.68. The molecular formula is C15H14ClN3O2. The summed E-state index contributed by atoms with van der Waals surface area (Å²) in [7, 11) is 1.38. The second-order valence-corrected chi connectivity index (χ2v) is 5.11. The van der Waals surface area contributed by atoms with E-state index in [2.05, 4.69) is 19.7 Å². The van der Waals surface area contributed by atoms with Crippen molar-refractivity contribution in [1.29, 1.82) is 0 Å². The number of hydrogen-bond donors (Lipinski definition) is 1. The van der Waals surface area contributed by atoms with E-state index in [0.29, 0.717) is 30.2 Å². The number of nitrogens with zero attached hydrogens (tertiary/aromatic N) is 2. The molecule has 0 bridgehead atoms. The van der Waals surface area contributed by atoms with Crippen molar-refractivity contribution in [2.45, 2.75) is 19.3 Å². The fourth-order valence-electron chi connectivity index (χ4n) is 2.35. The molecule has 0 aliphatic carbocycles. The van der Waals surface area contributed by atoms with Gasteiger partial charge in [-0.2, -0.15) is 0 Å². The number of para-hydroxylation sites is 1. The summed E-state index contributed by atoms with van der Waals surface area (Å²) in [5.41, 5.74) is 1.71. The second kappa shape index (κ2) is 5.69. The number of H-pyrrole nitrogens is 1. The summed E-state index contributed by atoms with van der Waals surface area (Å²) < 4.78 is 4.61. The van der Waals surface area contributed by atoms with Crippen LogP contribution in [0, 0.1) is 0 Å². The van der Waals surface area contributed by atoms with E-state index >= 15 is 0 Å². The highest BCUT2D eigenvalue weighted by Crippen LogP contribution is 2.29. The van der Waals surface area contributed by atoms with Gasteiger partial charge in [-0.1, -0.05) is 29.8 Å². The van der Waals surface area contributed by atoms with E-state index in [9.17, 15) is 4.79 Å². The maximum absolute atomic E-state index is 11.1. The molecule has 0 fully saturated rings. The minimum absolute atomic E-state index is 0.229. The molecule has 21 heavy (non-hydrogen) atoms. The van der Waals surface area contributed by atoms with Gasteiger partial charge in [0.15, 0.2) is 0 Å². The summed E-state index contributed by atoms with van der Waals surface area (Å²) in [6.45, 7) is 0. The molecule has 0 saturated carbocycles. The first kappa shape index (κ1) is 13.8. The van der Waals surface area contributed by atoms with E-state index in [4.69, 9.17) is 11.6 Å². The van der Waals surface area contributed by atoms with E-state index in [-0.39, 0.29) is 5.97 Å². The molecule has 108 valence electrons. The molecule has 0 saturated heterocycles. The molecule has 3 aromatic rings. The van der Waals surface area contributed by atoms with Crippen LogP contribution in [0.3, 0.4) is 0 Å². The van der Waals surface area contributed by atoms with Crippen LogP contribution in [0.5, 0.6) is 0 Å². The minimum Gasteiger partial charge on any atom is -0.469 e. The molecule has 2 aromatic heterocycles. The number of esters is 1. The number of aromatic nitrogens is 3. The van der Waals surface area contributed by atoms with Gasteiger partial charge in [0.1, 0.15) is 16.6 Å². The Morgan fingerprint density at radius 3 is 2.95 bits per heavy atom. The molecular weight excluding hydrogens is 290 g/mol. The van der Waals surface area contributed by atoms with E-state index in [1.807, 2.05) is 24.3 Å². The quantitative estimate of drug-likeness (QED) is 0.593. The van der Waals surface area contributed by atoms with Crippen LogP contribution in [0.2, 0.25) is 5.15 Å². The molecule has 6 heteroatoms. The lowest BCUT2D eigenvalue weighted by Crippen LogP contribution is -2.02. The fourth-order valence-corrected chi connectivity index (χ4v) is 2.64. The van der Waals surface area contributed by atoms with Gasteiger partial charge in [-0.25, -0.2) is 9.97 Å². The number of ether oxygens (including phenoxy) is 1. The zero-order valence-corrected chi connectivity index (χ0v) is 12.3. The van der Waals surface area contributed by atoms with Crippen LogP contribution >= 0.6 is 11.6 Å². The number of aromatic amines is 1. The Labute approximate surface area is 126 Å². The van der Waals surface area contributed by atoms with Gasteiger partial charge in [0.25, 0.3) is 0 Å². The molecule has 3 rings (SSSR count). The van der Waals surface area contributed by atoms with E-state index in [1.165, 1.54) is 7.11 Å². The van der Waals surface area contributed by atoms with Crippen LogP contribution in [0.15, 0.2) is 24.3 Å². The number of halogens is 1. The number of nitrogens with one attached hydrogen (secondary N) is 1. The van der Waals surface area contributed by atoms with Gasteiger partial charge in [-0.05, 0) is 12.5 Å². The van der Waals surface area contributed by atoms with E-state index < -0.39 is 0 Å². The summed E-state index contributed by atoms with van der Waals surface area (Å²) >= 11 is 6.29. The first-order valence-corrected chi connectivity index (χ1v) is 7.06. The average Bonchev–Trinajstić information content (AvgIpc) is 2.85. The van der Waals surface area contributed by atoms with E-state index in [0.717, 1.165) is 21.9 Å². The normalized spacial score (nSPS) is 11.1. The summed E-state index contributed by atoms with van der Waals surface area (Å²) in [5.74, 6) is 0.399. The monoisotopic (exact) mass is 303 g/mol. The highest BCUT2D eigenvalue weighted by molar-refractivity contribution is 6.36. The van der Waals surface area contributed by atoms with Crippen molar-refractivity contribution in [3.63, 3.8) is 0 Å². The SMILES string of the molecule is COC(=O)CCCc1nc(Cl)c2c(n1)[nH]c1ccccc12. The van der Waals surface area contributed by atoms with Gasteiger partial charge in [0, 0.05) is 23.7 Å². The summed E-state index contributed by atoms with van der Waals surface area (Å²) in [6.07, 6.45) is 1.57. The van der Waals surface area contributed by atoms with Gasteiger partial charge in [-0.3, -0.25) is 4.79 Å². The zero-order chi connectivity index (χ0) is 14.8. The number of benzene rings is 1. The lowest BCUT2D eigenvalue weighted by atomic mass is 10.2. The highest BCUT2D eigenvalue weighted by atomic mass is 35.5. The van der Waals surface area contributed by atoms with Crippen LogP contribution in [-0.4, -0.2) is 28.0 Å². The van der Waals surface area contributed by atoms with Crippen molar-refractivity contribution in [1.82, 2.24) is 15.0 Å². The number of rotatable bonds is 4. The Balaban J connectivity index is 1.92. The van der Waals surface area contributed by atoms with Crippen LogP contribution in [0.25, 0.3) is 21.9 Å². The van der Waals surface area contributed by atoms with Crippen molar-refractivity contribution in [2.24, 2.45) is 0 Å². The maximum Gasteiger partial charge on any atom is 0.305 e. The Bertz CT molecular complexity index is 813. The molecule has 5 nitrogen and oxygen atoms in total. The largest absolute Gasteiger partial charge is 0.469 e. The Kier molecular flexibility index (Phi) is 3.75. The minimum atomic E-state index is -0.229. The van der Waals surface area contributed by atoms with Crippen LogP contribution in [-0.2, 0) is 16.0 Å². The van der Waals surface area contributed by atoms with E-state index in [1.54, 1.807) is 0 Å². The molecule has 0 amide bonds. The Morgan fingerprint density at radius 1 is 1.33 bits per heavy atom. The first-order chi connectivity index (χ1) is 10.2. The standard InChI is InChI=1S/C15H14ClN3O2/c1-21-12(20)8-4-7-11-18-14(16)13-9-5-2-3-6-10(9)17-15(13)19-11/h2-3,5-6H,4,7-8H2,1H3,(H,17,18,19). The predicted octanol–water partition coefficient (Wildman–Crippen LogP) is 3.26. The lowest BCUT2D eigenvalue weighted by Gasteiger charge is -2.02. The zero-order valence-electron chi connectivity index (χ0n) is 11.5. The topological polar surface area (TPSA) is 67.9 Å². The molecule has 1 N–H and O–H groups in total. The van der Waals surface area contributed by atoms with Crippen LogP contribution in [0.1, 0.15) is 18.7 Å². The van der Waals surface area contributed by atoms with Gasteiger partial charge >= 0.3 is 5.97 Å². The van der Waals surface area contributed by atoms with Crippen molar-refractivity contribution >= 4 is 39.5 Å². The maximum atomic E-state index is 11.1. The molecule has 0 aliphatic heterocycles. The Morgan fingerprint density at radius 2 is 2.14 bits per heavy atom. The third-order valence-corrected chi connectivity index (χ3v) is 3.64. The second-order valence-electron chi connectivity index (χ2n) is 4.75. The number of methoxy groups -OCH3 is 1. The fraction of sp³-hybridized carbons (Fsp3) is 0.267. The molecule has 0 aliphatic rings. The third-order valence-electron chi connectivity index (χ3n) is 3.37. The summed E-state index contributed by atoms with van der Waals surface area (Å²) in [6, 6.07) is 7.87. The average molecular weight is 304 g/mol. The summed E-state index contributed by atoms with van der Waals surface area (Å²) in [4.78, 5) is 23.2. The van der Waals surface area contributed by atoms with Crippen molar-refractivity contribution in [3.8, 4) is 0 Å². The van der Waals surface area contributed by atoms with Gasteiger partial charge in [0.2, 0.25) is 0 Å². The predicted molar refractivity (Wildman–Crippen MR) is 81.4 cm³/mol. The van der Waals surface area contributed by atoms with Gasteiger partial charge < -0.3 is 9.72 Å². The van der Waals surface area contributed by atoms with Crippen LogP contribution in [0.4, 0.5) is 0 Å². The van der Waals surface area contributed by atoms with Crippen molar-refractivity contribution in [2.75, 3.05) is 7.11 Å². The molecule has 1 aromatic carbocycles. The molecule has 0 unspecified atom stereocenters. The lowest BCUT2D eigenvalue weighted by molar-refractivity contribution is -0.140. The summed E-state index contributed by atoms with van der Waals surface area (Å²) in [5, 5.41) is 2.29. The number of carbonyl (C=O) groups is 1. The number of hydrogen-bond acceptors (Lipinski definition) is 4. The van der Waals surface area contributed by atoms with Gasteiger partial charge in [0.05, 0.1) is 12.5 Å². The Hall–Kier alpha value is -2.14. The number of aryl methyl sites for hydroxylation is 1. The molecule has 0 radical (unpaired) electrons. The third kappa shape index (κ3) is 2.69.